The van der Waals surface area contributed by atoms with Crippen LogP contribution in [0, 0.1) is 0 Å². The van der Waals surface area contributed by atoms with Gasteiger partial charge in [0.2, 0.25) is 0 Å². The lowest BCUT2D eigenvalue weighted by Crippen LogP contribution is -2.32. The third kappa shape index (κ3) is 4.73. The van der Waals surface area contributed by atoms with Gasteiger partial charge >= 0.3 is 0 Å². The number of amides is 1. The first-order valence-electron chi connectivity index (χ1n) is 8.21. The molecule has 1 N–H and O–H groups in total. The fourth-order valence-electron chi connectivity index (χ4n) is 2.56. The number of furan rings is 1. The van der Waals surface area contributed by atoms with Crippen molar-refractivity contribution in [2.24, 2.45) is 0 Å². The SMILES string of the molecule is CC(CCc1ccco1)NC(=O)c1cnn(Cc2ccccc2Cl)c1. The molecule has 2 heterocycles. The highest BCUT2D eigenvalue weighted by Gasteiger charge is 2.13. The molecule has 0 saturated heterocycles. The van der Waals surface area contributed by atoms with Gasteiger partial charge in [-0.05, 0) is 37.1 Å². The Morgan fingerprint density at radius 3 is 2.92 bits per heavy atom. The summed E-state index contributed by atoms with van der Waals surface area (Å²) in [6.45, 7) is 2.51. The molecule has 3 rings (SSSR count). The zero-order valence-electron chi connectivity index (χ0n) is 14.0. The Balaban J connectivity index is 1.54. The Morgan fingerprint density at radius 1 is 1.32 bits per heavy atom. The smallest absolute Gasteiger partial charge is 0.254 e. The Hall–Kier alpha value is -2.53. The first-order chi connectivity index (χ1) is 12.1. The van der Waals surface area contributed by atoms with Crippen LogP contribution in [-0.2, 0) is 13.0 Å². The quantitative estimate of drug-likeness (QED) is 0.697. The number of carbonyl (C=O) groups is 1. The van der Waals surface area contributed by atoms with Crippen LogP contribution in [0.5, 0.6) is 0 Å². The van der Waals surface area contributed by atoms with E-state index in [0.29, 0.717) is 17.1 Å². The van der Waals surface area contributed by atoms with Crippen molar-refractivity contribution in [3.63, 3.8) is 0 Å². The summed E-state index contributed by atoms with van der Waals surface area (Å²) >= 11 is 6.16. The molecule has 0 bridgehead atoms. The molecule has 5 nitrogen and oxygen atoms in total. The van der Waals surface area contributed by atoms with Crippen molar-refractivity contribution in [2.45, 2.75) is 32.4 Å². The number of benzene rings is 1. The van der Waals surface area contributed by atoms with E-state index in [0.717, 1.165) is 24.2 Å². The Kier molecular flexibility index (Phi) is 5.56. The number of hydrogen-bond donors (Lipinski definition) is 1. The maximum absolute atomic E-state index is 12.3. The average Bonchev–Trinajstić information content (AvgIpc) is 3.27. The first-order valence-corrected chi connectivity index (χ1v) is 8.58. The topological polar surface area (TPSA) is 60.1 Å². The number of carbonyl (C=O) groups excluding carboxylic acids is 1. The predicted octanol–water partition coefficient (Wildman–Crippen LogP) is 3.93. The number of halogens is 1. The monoisotopic (exact) mass is 357 g/mol. The van der Waals surface area contributed by atoms with Gasteiger partial charge in [-0.15, -0.1) is 0 Å². The number of hydrogen-bond acceptors (Lipinski definition) is 3. The van der Waals surface area contributed by atoms with E-state index in [4.69, 9.17) is 16.0 Å². The van der Waals surface area contributed by atoms with E-state index in [1.165, 1.54) is 0 Å². The van der Waals surface area contributed by atoms with E-state index >= 15 is 0 Å². The summed E-state index contributed by atoms with van der Waals surface area (Å²) in [7, 11) is 0. The van der Waals surface area contributed by atoms with Crippen molar-refractivity contribution in [2.75, 3.05) is 0 Å². The second-order valence-corrected chi connectivity index (χ2v) is 6.42. The van der Waals surface area contributed by atoms with Crippen LogP contribution in [0.3, 0.4) is 0 Å². The van der Waals surface area contributed by atoms with Crippen molar-refractivity contribution in [1.82, 2.24) is 15.1 Å². The van der Waals surface area contributed by atoms with Crippen LogP contribution in [0.2, 0.25) is 5.02 Å². The zero-order valence-corrected chi connectivity index (χ0v) is 14.7. The van der Waals surface area contributed by atoms with Crippen LogP contribution >= 0.6 is 11.6 Å². The molecular weight excluding hydrogens is 338 g/mol. The van der Waals surface area contributed by atoms with E-state index in [1.54, 1.807) is 23.3 Å². The van der Waals surface area contributed by atoms with E-state index in [9.17, 15) is 4.79 Å². The van der Waals surface area contributed by atoms with Gasteiger partial charge in [0.25, 0.3) is 5.91 Å². The summed E-state index contributed by atoms with van der Waals surface area (Å²) in [6.07, 6.45) is 6.57. The van der Waals surface area contributed by atoms with Gasteiger partial charge < -0.3 is 9.73 Å². The molecule has 3 aromatic rings. The summed E-state index contributed by atoms with van der Waals surface area (Å²) in [5.41, 5.74) is 1.50. The normalized spacial score (nSPS) is 12.1. The average molecular weight is 358 g/mol. The van der Waals surface area contributed by atoms with Crippen LogP contribution < -0.4 is 5.32 Å². The fourth-order valence-corrected chi connectivity index (χ4v) is 2.76. The molecule has 0 spiro atoms. The molecule has 1 aromatic carbocycles. The number of nitrogens with one attached hydrogen (secondary N) is 1. The lowest BCUT2D eigenvalue weighted by atomic mass is 10.1. The molecular formula is C19H20ClN3O2. The van der Waals surface area contributed by atoms with E-state index in [-0.39, 0.29) is 11.9 Å². The van der Waals surface area contributed by atoms with Gasteiger partial charge in [-0.1, -0.05) is 29.8 Å². The summed E-state index contributed by atoms with van der Waals surface area (Å²) in [6, 6.07) is 11.5. The molecule has 0 saturated carbocycles. The molecule has 25 heavy (non-hydrogen) atoms. The molecule has 1 amide bonds. The molecule has 0 aliphatic heterocycles. The van der Waals surface area contributed by atoms with Gasteiger partial charge in [0, 0.05) is 23.7 Å². The van der Waals surface area contributed by atoms with Gasteiger partial charge in [-0.25, -0.2) is 0 Å². The lowest BCUT2D eigenvalue weighted by Gasteiger charge is -2.12. The van der Waals surface area contributed by atoms with Gasteiger partial charge in [0.05, 0.1) is 24.6 Å². The Bertz CT molecular complexity index is 827. The Morgan fingerprint density at radius 2 is 2.16 bits per heavy atom. The second-order valence-electron chi connectivity index (χ2n) is 6.01. The molecule has 0 aliphatic rings. The van der Waals surface area contributed by atoms with Crippen LogP contribution in [0.1, 0.15) is 35.0 Å². The van der Waals surface area contributed by atoms with Crippen molar-refractivity contribution in [3.8, 4) is 0 Å². The summed E-state index contributed by atoms with van der Waals surface area (Å²) < 4.78 is 7.02. The second kappa shape index (κ2) is 8.03. The predicted molar refractivity (Wildman–Crippen MR) is 96.7 cm³/mol. The number of rotatable bonds is 7. The molecule has 1 atom stereocenters. The fraction of sp³-hybridized carbons (Fsp3) is 0.263. The van der Waals surface area contributed by atoms with Crippen LogP contribution in [0.25, 0.3) is 0 Å². The zero-order chi connectivity index (χ0) is 17.6. The molecule has 2 aromatic heterocycles. The van der Waals surface area contributed by atoms with Crippen molar-refractivity contribution in [3.05, 3.63) is 77.0 Å². The molecule has 0 radical (unpaired) electrons. The number of aryl methyl sites for hydroxylation is 1. The largest absolute Gasteiger partial charge is 0.469 e. The van der Waals surface area contributed by atoms with Crippen molar-refractivity contribution in [1.29, 1.82) is 0 Å². The van der Waals surface area contributed by atoms with Crippen molar-refractivity contribution < 1.29 is 9.21 Å². The standard InChI is InChI=1S/C19H20ClN3O2/c1-14(8-9-17-6-4-10-25-17)22-19(24)16-11-21-23(13-16)12-15-5-2-3-7-18(15)20/h2-7,10-11,13-14H,8-9,12H2,1H3,(H,22,24). The minimum absolute atomic E-state index is 0.0458. The third-order valence-corrected chi connectivity index (χ3v) is 4.34. The van der Waals surface area contributed by atoms with Gasteiger partial charge in [-0.3, -0.25) is 9.48 Å². The lowest BCUT2D eigenvalue weighted by molar-refractivity contribution is 0.0938. The minimum Gasteiger partial charge on any atom is -0.469 e. The van der Waals surface area contributed by atoms with Gasteiger partial charge in [0.15, 0.2) is 0 Å². The molecule has 0 fully saturated rings. The van der Waals surface area contributed by atoms with Crippen LogP contribution in [0.15, 0.2) is 59.5 Å². The minimum atomic E-state index is -0.127. The molecule has 1 unspecified atom stereocenters. The first kappa shape index (κ1) is 17.3. The highest BCUT2D eigenvalue weighted by molar-refractivity contribution is 6.31. The molecule has 6 heteroatoms. The van der Waals surface area contributed by atoms with E-state index < -0.39 is 0 Å². The molecule has 0 aliphatic carbocycles. The van der Waals surface area contributed by atoms with Crippen molar-refractivity contribution >= 4 is 17.5 Å². The third-order valence-electron chi connectivity index (χ3n) is 3.97. The van der Waals surface area contributed by atoms with Crippen LogP contribution in [0.4, 0.5) is 0 Å². The molecule has 130 valence electrons. The van der Waals surface area contributed by atoms with E-state index in [2.05, 4.69) is 10.4 Å². The van der Waals surface area contributed by atoms with Crippen LogP contribution in [-0.4, -0.2) is 21.7 Å². The highest BCUT2D eigenvalue weighted by atomic mass is 35.5. The van der Waals surface area contributed by atoms with Gasteiger partial charge in [0.1, 0.15) is 5.76 Å². The summed E-state index contributed by atoms with van der Waals surface area (Å²) in [5.74, 6) is 0.797. The van der Waals surface area contributed by atoms with Gasteiger partial charge in [-0.2, -0.15) is 5.10 Å². The van der Waals surface area contributed by atoms with E-state index in [1.807, 2.05) is 43.3 Å². The maximum atomic E-state index is 12.3. The Labute approximate surface area is 151 Å². The highest BCUT2D eigenvalue weighted by Crippen LogP contribution is 2.16. The maximum Gasteiger partial charge on any atom is 0.254 e. The summed E-state index contributed by atoms with van der Waals surface area (Å²) in [4.78, 5) is 12.3. The number of nitrogens with zero attached hydrogens (tertiary/aromatic N) is 2. The summed E-state index contributed by atoms with van der Waals surface area (Å²) in [5, 5.41) is 7.93. The number of aromatic nitrogens is 2.